The van der Waals surface area contributed by atoms with Crippen LogP contribution in [-0.4, -0.2) is 37.9 Å². The number of aliphatic imine (C=N–C) groups is 1. The number of carbonyl (C=O) groups excluding carboxylic acids is 1. The number of Topliss-reactive ketones (excluding diaryl/α,β-unsaturated/α-hetero) is 1. The minimum atomic E-state index is -0.381. The number of H-pyrrole nitrogens is 1. The van der Waals surface area contributed by atoms with E-state index in [9.17, 15) is 9.90 Å². The lowest BCUT2D eigenvalue weighted by Gasteiger charge is -2.33. The van der Waals surface area contributed by atoms with Gasteiger partial charge >= 0.3 is 0 Å². The van der Waals surface area contributed by atoms with Gasteiger partial charge in [0.05, 0.1) is 23.4 Å². The molecule has 1 fully saturated rings. The van der Waals surface area contributed by atoms with E-state index in [1.807, 2.05) is 6.92 Å². The number of rotatable bonds is 2. The smallest absolute Gasteiger partial charge is 0.192 e. The lowest BCUT2D eigenvalue weighted by molar-refractivity contribution is -0.116. The van der Waals surface area contributed by atoms with Gasteiger partial charge in [-0.05, 0) is 56.2 Å². The third kappa shape index (κ3) is 2.74. The number of pyridine rings is 1. The highest BCUT2D eigenvalue weighted by molar-refractivity contribution is 6.48. The quantitative estimate of drug-likeness (QED) is 0.774. The highest BCUT2D eigenvalue weighted by Crippen LogP contribution is 2.44. The number of fused-ring (bicyclic) bond motifs is 1. The third-order valence-electron chi connectivity index (χ3n) is 5.22. The zero-order valence-electron chi connectivity index (χ0n) is 14.1. The molecule has 4 rings (SSSR count). The minimum Gasteiger partial charge on any atom is -0.393 e. The van der Waals surface area contributed by atoms with Gasteiger partial charge in [0.15, 0.2) is 5.78 Å². The summed E-state index contributed by atoms with van der Waals surface area (Å²) in [6, 6.07) is 3.53. The van der Waals surface area contributed by atoms with Crippen LogP contribution in [0.2, 0.25) is 0 Å². The number of aliphatic hydroxyl groups excluding tert-OH is 1. The predicted molar refractivity (Wildman–Crippen MR) is 93.9 cm³/mol. The number of nitrogens with one attached hydrogen (secondary N) is 1. The molecule has 1 aliphatic carbocycles. The van der Waals surface area contributed by atoms with Crippen molar-refractivity contribution < 1.29 is 9.90 Å². The maximum Gasteiger partial charge on any atom is 0.192 e. The van der Waals surface area contributed by atoms with Crippen molar-refractivity contribution >= 4 is 23.0 Å². The topological polar surface area (TPSA) is 117 Å². The molecule has 1 atom stereocenters. The van der Waals surface area contributed by atoms with E-state index in [2.05, 4.69) is 20.2 Å². The van der Waals surface area contributed by atoms with Gasteiger partial charge in [0.1, 0.15) is 17.2 Å². The van der Waals surface area contributed by atoms with Crippen LogP contribution < -0.4 is 5.73 Å². The van der Waals surface area contributed by atoms with E-state index in [4.69, 9.17) is 5.73 Å². The Hall–Kier alpha value is -2.54. The van der Waals surface area contributed by atoms with E-state index in [1.165, 1.54) is 0 Å². The minimum absolute atomic E-state index is 0.0570. The van der Waals surface area contributed by atoms with Crippen LogP contribution in [0.25, 0.3) is 0 Å². The average Bonchev–Trinajstić information content (AvgIpc) is 3.10. The molecule has 7 nitrogen and oxygen atoms in total. The summed E-state index contributed by atoms with van der Waals surface area (Å²) in [5.41, 5.74) is 9.17. The van der Waals surface area contributed by atoms with E-state index in [1.54, 1.807) is 18.3 Å². The molecule has 1 saturated carbocycles. The van der Waals surface area contributed by atoms with Crippen LogP contribution in [0.5, 0.6) is 0 Å². The first-order valence-electron chi connectivity index (χ1n) is 8.62. The molecule has 2 aromatic rings. The number of aliphatic hydroxyl groups is 1. The third-order valence-corrected chi connectivity index (χ3v) is 5.22. The lowest BCUT2D eigenvalue weighted by Crippen LogP contribution is -2.35. The van der Waals surface area contributed by atoms with E-state index < -0.39 is 0 Å². The fourth-order valence-electron chi connectivity index (χ4n) is 3.97. The van der Waals surface area contributed by atoms with Crippen molar-refractivity contribution in [1.82, 2.24) is 15.2 Å². The van der Waals surface area contributed by atoms with Crippen molar-refractivity contribution in [3.8, 4) is 0 Å². The number of hydrogen-bond donors (Lipinski definition) is 3. The molecule has 0 amide bonds. The van der Waals surface area contributed by atoms with Crippen molar-refractivity contribution in [3.05, 3.63) is 35.3 Å². The van der Waals surface area contributed by atoms with E-state index in [0.717, 1.165) is 24.1 Å². The number of carbonyl (C=O) groups is 1. The summed E-state index contributed by atoms with van der Waals surface area (Å²) in [5.74, 6) is 0.100. The van der Waals surface area contributed by atoms with Gasteiger partial charge in [-0.25, -0.2) is 9.98 Å². The standard InChI is InChI=1S/C18H21N5O2/c1-9-8-13(19)21-17-14(10-2-4-11(24)5-3-10)18(25)16(22-15(9)17)12-6-7-20-23-12/h6-8,10-11,14,24H,2-5H2,1H3,(H2,19,21)(H,20,23)/t10-,11-,14?. The Morgan fingerprint density at radius 1 is 1.28 bits per heavy atom. The highest BCUT2D eigenvalue weighted by Gasteiger charge is 2.41. The van der Waals surface area contributed by atoms with Crippen LogP contribution in [0.1, 0.15) is 48.6 Å². The van der Waals surface area contributed by atoms with Gasteiger partial charge in [-0.1, -0.05) is 0 Å². The largest absolute Gasteiger partial charge is 0.393 e. The van der Waals surface area contributed by atoms with E-state index in [-0.39, 0.29) is 23.7 Å². The number of nitrogen functional groups attached to an aromatic ring is 1. The first-order valence-corrected chi connectivity index (χ1v) is 8.62. The lowest BCUT2D eigenvalue weighted by atomic mass is 9.73. The van der Waals surface area contributed by atoms with E-state index >= 15 is 0 Å². The number of hydrogen-bond acceptors (Lipinski definition) is 6. The monoisotopic (exact) mass is 339 g/mol. The second-order valence-corrected chi connectivity index (χ2v) is 6.93. The van der Waals surface area contributed by atoms with Crippen LogP contribution in [0.3, 0.4) is 0 Å². The fraction of sp³-hybridized carbons (Fsp3) is 0.444. The predicted octanol–water partition coefficient (Wildman–Crippen LogP) is 2.03. The van der Waals surface area contributed by atoms with Crippen LogP contribution >= 0.6 is 0 Å². The van der Waals surface area contributed by atoms with Gasteiger partial charge in [0.2, 0.25) is 0 Å². The van der Waals surface area contributed by atoms with Gasteiger partial charge in [-0.3, -0.25) is 9.89 Å². The molecule has 1 aliphatic heterocycles. The molecule has 25 heavy (non-hydrogen) atoms. The molecule has 2 aromatic heterocycles. The SMILES string of the molecule is Cc1cc(N)nc2c1N=C(c1cc[nH]n1)C(=O)C2[C@H]1CC[C@H](O)CC1. The van der Waals surface area contributed by atoms with Crippen molar-refractivity contribution in [1.29, 1.82) is 0 Å². The fourth-order valence-corrected chi connectivity index (χ4v) is 3.97. The van der Waals surface area contributed by atoms with Crippen LogP contribution in [0, 0.1) is 12.8 Å². The molecule has 0 aromatic carbocycles. The summed E-state index contributed by atoms with van der Waals surface area (Å²) in [5, 5.41) is 16.7. The molecule has 0 spiro atoms. The Kier molecular flexibility index (Phi) is 3.88. The summed E-state index contributed by atoms with van der Waals surface area (Å²) < 4.78 is 0. The van der Waals surface area contributed by atoms with Gasteiger partial charge in [0.25, 0.3) is 0 Å². The van der Waals surface area contributed by atoms with Crippen molar-refractivity contribution in [2.75, 3.05) is 5.73 Å². The van der Waals surface area contributed by atoms with Gasteiger partial charge < -0.3 is 10.8 Å². The molecular formula is C18H21N5O2. The Labute approximate surface area is 145 Å². The van der Waals surface area contributed by atoms with Gasteiger partial charge in [-0.15, -0.1) is 0 Å². The Balaban J connectivity index is 1.84. The van der Waals surface area contributed by atoms with Gasteiger partial charge in [0, 0.05) is 6.20 Å². The zero-order valence-corrected chi connectivity index (χ0v) is 14.1. The van der Waals surface area contributed by atoms with Crippen LogP contribution in [0.4, 0.5) is 11.5 Å². The number of nitrogens with two attached hydrogens (primary N) is 1. The number of nitrogens with zero attached hydrogens (tertiary/aromatic N) is 3. The molecule has 3 heterocycles. The second-order valence-electron chi connectivity index (χ2n) is 6.93. The maximum atomic E-state index is 13.3. The van der Waals surface area contributed by atoms with Crippen molar-refractivity contribution in [2.45, 2.75) is 44.6 Å². The summed E-state index contributed by atoms with van der Waals surface area (Å²) >= 11 is 0. The van der Waals surface area contributed by atoms with Crippen LogP contribution in [-0.2, 0) is 4.79 Å². The second kappa shape index (κ2) is 6.07. The molecule has 0 bridgehead atoms. The average molecular weight is 339 g/mol. The first kappa shape index (κ1) is 16.0. The van der Waals surface area contributed by atoms with Crippen molar-refractivity contribution in [3.63, 3.8) is 0 Å². The molecule has 0 saturated heterocycles. The van der Waals surface area contributed by atoms with Crippen molar-refractivity contribution in [2.24, 2.45) is 10.9 Å². The normalized spacial score (nSPS) is 26.2. The first-order chi connectivity index (χ1) is 12.0. The molecular weight excluding hydrogens is 318 g/mol. The Morgan fingerprint density at radius 3 is 2.72 bits per heavy atom. The summed E-state index contributed by atoms with van der Waals surface area (Å²) in [6.45, 7) is 1.93. The number of anilines is 1. The molecule has 4 N–H and O–H groups in total. The zero-order chi connectivity index (χ0) is 17.6. The summed E-state index contributed by atoms with van der Waals surface area (Å²) in [4.78, 5) is 22.3. The molecule has 130 valence electrons. The Morgan fingerprint density at radius 2 is 2.04 bits per heavy atom. The molecule has 1 unspecified atom stereocenters. The number of aryl methyl sites for hydroxylation is 1. The number of aromatic nitrogens is 3. The molecule has 2 aliphatic rings. The number of ketones is 1. The maximum absolute atomic E-state index is 13.3. The summed E-state index contributed by atoms with van der Waals surface area (Å²) in [7, 11) is 0. The van der Waals surface area contributed by atoms with Crippen LogP contribution in [0.15, 0.2) is 23.3 Å². The van der Waals surface area contributed by atoms with E-state index in [0.29, 0.717) is 35.8 Å². The molecule has 0 radical (unpaired) electrons. The van der Waals surface area contributed by atoms with Gasteiger partial charge in [-0.2, -0.15) is 5.10 Å². The highest BCUT2D eigenvalue weighted by atomic mass is 16.3. The number of aromatic amines is 1. The summed E-state index contributed by atoms with van der Waals surface area (Å²) in [6.07, 6.45) is 4.41. The molecule has 7 heteroatoms. The Bertz CT molecular complexity index is 835.